The first-order valence-electron chi connectivity index (χ1n) is 6.66. The normalized spacial score (nSPS) is 13.8. The molecule has 21 heavy (non-hydrogen) atoms. The zero-order chi connectivity index (χ0) is 14.7. The number of benzene rings is 2. The molecule has 0 saturated carbocycles. The van der Waals surface area contributed by atoms with Gasteiger partial charge in [0.05, 0.1) is 4.91 Å². The zero-order valence-corrected chi connectivity index (χ0v) is 12.1. The van der Waals surface area contributed by atoms with Gasteiger partial charge in [0, 0.05) is 11.3 Å². The summed E-state index contributed by atoms with van der Waals surface area (Å²) in [6.45, 7) is 0. The van der Waals surface area contributed by atoms with E-state index < -0.39 is 0 Å². The van der Waals surface area contributed by atoms with Crippen LogP contribution >= 0.6 is 11.8 Å². The van der Waals surface area contributed by atoms with Crippen molar-refractivity contribution in [1.29, 1.82) is 0 Å². The number of hydrogen-bond donors (Lipinski definition) is 2. The molecule has 0 bridgehead atoms. The summed E-state index contributed by atoms with van der Waals surface area (Å²) in [4.78, 5) is 24.5. The van der Waals surface area contributed by atoms with Gasteiger partial charge in [-0.1, -0.05) is 36.4 Å². The molecule has 0 atom stereocenters. The van der Waals surface area contributed by atoms with Gasteiger partial charge in [-0.2, -0.15) is 0 Å². The van der Waals surface area contributed by atoms with Crippen LogP contribution in [0.4, 0.5) is 0 Å². The van der Waals surface area contributed by atoms with Crippen LogP contribution in [0.5, 0.6) is 0 Å². The lowest BCUT2D eigenvalue weighted by Gasteiger charge is -2.08. The first kappa shape index (κ1) is 13.7. The van der Waals surface area contributed by atoms with E-state index in [0.29, 0.717) is 10.5 Å². The number of carbonyl (C=O) groups is 2. The maximum atomic E-state index is 12.1. The summed E-state index contributed by atoms with van der Waals surface area (Å²) in [5.41, 5.74) is 5.41. The number of amides is 2. The van der Waals surface area contributed by atoms with Gasteiger partial charge in [0.25, 0.3) is 11.8 Å². The number of thioether (sulfide) groups is 1. The number of hydrogen-bond acceptors (Lipinski definition) is 3. The van der Waals surface area contributed by atoms with Crippen molar-refractivity contribution in [2.45, 2.75) is 6.42 Å². The van der Waals surface area contributed by atoms with Crippen LogP contribution in [0, 0.1) is 0 Å². The molecule has 0 aliphatic carbocycles. The van der Waals surface area contributed by atoms with E-state index >= 15 is 0 Å². The molecule has 5 heteroatoms. The Morgan fingerprint density at radius 2 is 1.71 bits per heavy atom. The second-order valence-corrected chi connectivity index (χ2v) is 5.81. The first-order chi connectivity index (χ1) is 10.2. The van der Waals surface area contributed by atoms with Crippen molar-refractivity contribution in [1.82, 2.24) is 10.9 Å². The topological polar surface area (TPSA) is 58.2 Å². The molecule has 0 saturated heterocycles. The quantitative estimate of drug-likeness (QED) is 0.838. The Hall–Kier alpha value is -2.27. The number of nitrogens with one attached hydrogen (secondary N) is 2. The summed E-state index contributed by atoms with van der Waals surface area (Å²) in [7, 11) is 0. The highest BCUT2D eigenvalue weighted by Gasteiger charge is 2.15. The van der Waals surface area contributed by atoms with Crippen LogP contribution in [0.1, 0.15) is 16.8 Å². The molecule has 3 rings (SSSR count). The first-order valence-corrected chi connectivity index (χ1v) is 7.65. The van der Waals surface area contributed by atoms with Crippen molar-refractivity contribution < 1.29 is 9.59 Å². The highest BCUT2D eigenvalue weighted by atomic mass is 32.2. The third kappa shape index (κ3) is 3.08. The molecule has 2 aromatic rings. The molecule has 1 aliphatic rings. The van der Waals surface area contributed by atoms with E-state index in [9.17, 15) is 9.59 Å². The molecular weight excluding hydrogens is 284 g/mol. The van der Waals surface area contributed by atoms with E-state index in [4.69, 9.17) is 0 Å². The van der Waals surface area contributed by atoms with E-state index in [1.165, 1.54) is 11.8 Å². The van der Waals surface area contributed by atoms with Crippen molar-refractivity contribution in [2.24, 2.45) is 0 Å². The molecule has 2 N–H and O–H groups in total. The van der Waals surface area contributed by atoms with Gasteiger partial charge in [0.15, 0.2) is 0 Å². The largest absolute Gasteiger partial charge is 0.275 e. The van der Waals surface area contributed by atoms with E-state index in [1.807, 2.05) is 36.4 Å². The summed E-state index contributed by atoms with van der Waals surface area (Å²) in [6.07, 6.45) is 2.77. The zero-order valence-electron chi connectivity index (χ0n) is 11.3. The Kier molecular flexibility index (Phi) is 3.92. The van der Waals surface area contributed by atoms with E-state index in [0.717, 1.165) is 22.9 Å². The van der Waals surface area contributed by atoms with Gasteiger partial charge < -0.3 is 0 Å². The lowest BCUT2D eigenvalue weighted by molar-refractivity contribution is -0.117. The average molecular weight is 298 g/mol. The number of fused-ring (bicyclic) bond motifs is 1. The van der Waals surface area contributed by atoms with Crippen LogP contribution in [0.2, 0.25) is 0 Å². The minimum absolute atomic E-state index is 0.258. The van der Waals surface area contributed by atoms with E-state index in [-0.39, 0.29) is 11.8 Å². The van der Waals surface area contributed by atoms with Crippen LogP contribution in [0.15, 0.2) is 53.4 Å². The van der Waals surface area contributed by atoms with Gasteiger partial charge in [-0.25, -0.2) is 0 Å². The summed E-state index contributed by atoms with van der Waals surface area (Å²) >= 11 is 1.50. The monoisotopic (exact) mass is 298 g/mol. The Bertz CT molecular complexity index is 740. The standard InChI is InChI=1S/C16H14N2O2S/c19-15(17-18-16(20)14-6-3-9-21-14)13-8-7-11-4-1-2-5-12(11)10-13/h1-2,4-8,10H,3,9H2,(H,17,19)(H,18,20). The third-order valence-corrected chi connectivity index (χ3v) is 4.33. The maximum Gasteiger partial charge on any atom is 0.275 e. The van der Waals surface area contributed by atoms with Gasteiger partial charge in [0.1, 0.15) is 0 Å². The fraction of sp³-hybridized carbons (Fsp3) is 0.125. The molecule has 1 aliphatic heterocycles. The van der Waals surface area contributed by atoms with Crippen LogP contribution < -0.4 is 10.9 Å². The van der Waals surface area contributed by atoms with Crippen molar-refractivity contribution in [3.05, 3.63) is 59.0 Å². The summed E-state index contributed by atoms with van der Waals surface area (Å²) in [5, 5.41) is 2.07. The Labute approximate surface area is 126 Å². The summed E-state index contributed by atoms with van der Waals surface area (Å²) in [5.74, 6) is 0.339. The number of hydrazine groups is 1. The van der Waals surface area contributed by atoms with E-state index in [2.05, 4.69) is 10.9 Å². The molecule has 0 unspecified atom stereocenters. The fourth-order valence-electron chi connectivity index (χ4n) is 2.15. The van der Waals surface area contributed by atoms with Crippen molar-refractivity contribution in [2.75, 3.05) is 5.75 Å². The lowest BCUT2D eigenvalue weighted by atomic mass is 10.1. The second-order valence-electron chi connectivity index (χ2n) is 4.68. The molecule has 2 aromatic carbocycles. The second kappa shape index (κ2) is 6.01. The third-order valence-electron chi connectivity index (χ3n) is 3.23. The lowest BCUT2D eigenvalue weighted by Crippen LogP contribution is -2.41. The smallest absolute Gasteiger partial charge is 0.267 e. The number of allylic oxidation sites excluding steroid dienone is 1. The molecule has 0 radical (unpaired) electrons. The number of rotatable bonds is 2. The van der Waals surface area contributed by atoms with Gasteiger partial charge in [-0.15, -0.1) is 11.8 Å². The Morgan fingerprint density at radius 3 is 2.48 bits per heavy atom. The van der Waals surface area contributed by atoms with Crippen LogP contribution in [-0.2, 0) is 4.79 Å². The molecule has 0 aromatic heterocycles. The predicted octanol–water partition coefficient (Wildman–Crippen LogP) is 2.62. The van der Waals surface area contributed by atoms with Crippen LogP contribution in [-0.4, -0.2) is 17.6 Å². The van der Waals surface area contributed by atoms with E-state index in [1.54, 1.807) is 12.1 Å². The molecule has 1 heterocycles. The summed E-state index contributed by atoms with van der Waals surface area (Å²) < 4.78 is 0. The molecule has 0 fully saturated rings. The average Bonchev–Trinajstić information content (AvgIpc) is 3.06. The van der Waals surface area contributed by atoms with Gasteiger partial charge in [-0.3, -0.25) is 20.4 Å². The Morgan fingerprint density at radius 1 is 0.952 bits per heavy atom. The van der Waals surface area contributed by atoms with Crippen molar-refractivity contribution >= 4 is 34.3 Å². The van der Waals surface area contributed by atoms with Gasteiger partial charge in [-0.05, 0) is 29.3 Å². The predicted molar refractivity (Wildman–Crippen MR) is 84.7 cm³/mol. The van der Waals surface area contributed by atoms with Crippen LogP contribution in [0.3, 0.4) is 0 Å². The van der Waals surface area contributed by atoms with Crippen LogP contribution in [0.25, 0.3) is 10.8 Å². The van der Waals surface area contributed by atoms with Gasteiger partial charge in [0.2, 0.25) is 0 Å². The van der Waals surface area contributed by atoms with Gasteiger partial charge >= 0.3 is 0 Å². The highest BCUT2D eigenvalue weighted by Crippen LogP contribution is 2.24. The summed E-state index contributed by atoms with van der Waals surface area (Å²) in [6, 6.07) is 13.3. The molecule has 0 spiro atoms. The molecular formula is C16H14N2O2S. The molecule has 4 nitrogen and oxygen atoms in total. The van der Waals surface area contributed by atoms with Crippen molar-refractivity contribution in [3.63, 3.8) is 0 Å². The minimum atomic E-state index is -0.322. The highest BCUT2D eigenvalue weighted by molar-refractivity contribution is 8.04. The van der Waals surface area contributed by atoms with Crippen molar-refractivity contribution in [3.8, 4) is 0 Å². The molecule has 106 valence electrons. The minimum Gasteiger partial charge on any atom is -0.267 e. The maximum absolute atomic E-state index is 12.1. The number of carbonyl (C=O) groups excluding carboxylic acids is 2. The fourth-order valence-corrected chi connectivity index (χ4v) is 3.03. The Balaban J connectivity index is 1.67. The SMILES string of the molecule is O=C(NNC(=O)c1ccc2ccccc2c1)C1=CCCS1. The molecule has 2 amide bonds.